The first-order valence-electron chi connectivity index (χ1n) is 12.8. The minimum Gasteiger partial charge on any atom is -0.458 e. The van der Waals surface area contributed by atoms with E-state index in [1.165, 1.54) is 6.92 Å². The number of hydrogen-bond donors (Lipinski definition) is 2. The van der Waals surface area contributed by atoms with Gasteiger partial charge in [-0.25, -0.2) is 13.1 Å². The number of ether oxygens (including phenoxy) is 5. The smallest absolute Gasteiger partial charge is 0.303 e. The third-order valence-corrected chi connectivity index (χ3v) is 8.55. The molecule has 208 valence electrons. The summed E-state index contributed by atoms with van der Waals surface area (Å²) in [5.41, 5.74) is 0.957. The van der Waals surface area contributed by atoms with Crippen LogP contribution in [0, 0.1) is 6.92 Å². The van der Waals surface area contributed by atoms with E-state index < -0.39 is 70.1 Å². The van der Waals surface area contributed by atoms with E-state index in [4.69, 9.17) is 23.7 Å². The van der Waals surface area contributed by atoms with Gasteiger partial charge in [0.15, 0.2) is 11.6 Å². The highest BCUT2D eigenvalue weighted by Crippen LogP contribution is 2.37. The van der Waals surface area contributed by atoms with E-state index in [9.17, 15) is 13.2 Å². The van der Waals surface area contributed by atoms with Crippen LogP contribution in [0.25, 0.3) is 0 Å². The van der Waals surface area contributed by atoms with Crippen LogP contribution in [0.4, 0.5) is 0 Å². The molecule has 0 radical (unpaired) electrons. The van der Waals surface area contributed by atoms with Gasteiger partial charge in [0.05, 0.1) is 17.0 Å². The highest BCUT2D eigenvalue weighted by molar-refractivity contribution is 7.89. The Kier molecular flexibility index (Phi) is 7.09. The predicted octanol–water partition coefficient (Wildman–Crippen LogP) is 2.08. The van der Waals surface area contributed by atoms with E-state index in [2.05, 4.69) is 10.0 Å². The molecular formula is C27H36N2O8S. The van der Waals surface area contributed by atoms with E-state index in [-0.39, 0.29) is 11.0 Å². The van der Waals surface area contributed by atoms with Gasteiger partial charge < -0.3 is 23.7 Å². The van der Waals surface area contributed by atoms with E-state index in [1.54, 1.807) is 38.1 Å². The quantitative estimate of drug-likeness (QED) is 0.407. The van der Waals surface area contributed by atoms with Crippen LogP contribution in [0.1, 0.15) is 40.2 Å². The van der Waals surface area contributed by atoms with Crippen molar-refractivity contribution in [1.82, 2.24) is 10.0 Å². The summed E-state index contributed by atoms with van der Waals surface area (Å²) in [4.78, 5) is 12.2. The maximum Gasteiger partial charge on any atom is 0.303 e. The van der Waals surface area contributed by atoms with Crippen LogP contribution < -0.4 is 10.0 Å². The monoisotopic (exact) mass is 548 g/mol. The number of esters is 1. The topological polar surface area (TPSA) is 121 Å². The minimum absolute atomic E-state index is 0.156. The van der Waals surface area contributed by atoms with Crippen molar-refractivity contribution in [3.8, 4) is 0 Å². The molecule has 1 aromatic carbocycles. The SMILES string of the molecule is CC(=O)O[C@@H]1C(N[C@H]2C=CC3OC(C)(C)OC3[C@@H]2NS(=O)(=O)c2ccc(C)cc2)C=C[C@H]2OC(C)(C)O[C@@H]12. The molecule has 2 aliphatic carbocycles. The molecule has 8 atom stereocenters. The summed E-state index contributed by atoms with van der Waals surface area (Å²) in [5.74, 6) is -2.17. The molecule has 4 aliphatic rings. The average Bonchev–Trinajstić information content (AvgIpc) is 3.30. The number of aryl methyl sites for hydroxylation is 1. The molecule has 5 rings (SSSR count). The molecule has 0 bridgehead atoms. The molecule has 2 fully saturated rings. The first kappa shape index (κ1) is 27.4. The molecule has 11 heteroatoms. The molecule has 1 aromatic rings. The number of rotatable bonds is 6. The maximum atomic E-state index is 13.5. The molecule has 38 heavy (non-hydrogen) atoms. The van der Waals surface area contributed by atoms with Gasteiger partial charge >= 0.3 is 5.97 Å². The van der Waals surface area contributed by atoms with E-state index in [0.717, 1.165) is 5.56 Å². The molecule has 2 aliphatic heterocycles. The van der Waals surface area contributed by atoms with Gasteiger partial charge in [-0.3, -0.25) is 10.1 Å². The second-order valence-corrected chi connectivity index (χ2v) is 12.9. The Hall–Kier alpha value is -2.12. The normalized spacial score (nSPS) is 37.0. The standard InChI is InChI=1S/C27H36N2O8S/c1-15-7-9-17(10-8-15)38(31,32)29-22-18(11-13-20-24(22)36-26(3,4)34-20)28-19-12-14-21-25(23(19)33-16(2)30)37-27(5,6)35-21/h7-14,18-25,28-29H,1-6H3/t18-,19?,20?,21+,22+,23+,24?,25+/m0/s1. The number of benzene rings is 1. The zero-order valence-electron chi connectivity index (χ0n) is 22.4. The molecular weight excluding hydrogens is 512 g/mol. The highest BCUT2D eigenvalue weighted by atomic mass is 32.2. The molecule has 0 saturated carbocycles. The number of carbonyl (C=O) groups excluding carboxylic acids is 1. The Balaban J connectivity index is 1.44. The summed E-state index contributed by atoms with van der Waals surface area (Å²) in [6, 6.07) is 4.94. The van der Waals surface area contributed by atoms with Crippen LogP contribution in [0.15, 0.2) is 53.5 Å². The highest BCUT2D eigenvalue weighted by Gasteiger charge is 2.53. The number of carbonyl (C=O) groups is 1. The summed E-state index contributed by atoms with van der Waals surface area (Å²) in [7, 11) is -3.90. The van der Waals surface area contributed by atoms with Crippen LogP contribution in [0.2, 0.25) is 0 Å². The van der Waals surface area contributed by atoms with Crippen molar-refractivity contribution in [2.24, 2.45) is 0 Å². The predicted molar refractivity (Wildman–Crippen MR) is 137 cm³/mol. The summed E-state index contributed by atoms with van der Waals surface area (Å²) in [6.45, 7) is 10.5. The molecule has 0 amide bonds. The Morgan fingerprint density at radius 2 is 1.39 bits per heavy atom. The number of hydrogen-bond acceptors (Lipinski definition) is 9. The van der Waals surface area contributed by atoms with Crippen molar-refractivity contribution in [3.63, 3.8) is 0 Å². The lowest BCUT2D eigenvalue weighted by atomic mass is 9.89. The van der Waals surface area contributed by atoms with Gasteiger partial charge in [0, 0.05) is 13.0 Å². The summed E-state index contributed by atoms with van der Waals surface area (Å²) in [5, 5.41) is 3.48. The third kappa shape index (κ3) is 5.60. The Morgan fingerprint density at radius 1 is 0.842 bits per heavy atom. The largest absolute Gasteiger partial charge is 0.458 e. The van der Waals surface area contributed by atoms with E-state index in [0.29, 0.717) is 0 Å². The lowest BCUT2D eigenvalue weighted by molar-refractivity contribution is -0.171. The van der Waals surface area contributed by atoms with Gasteiger partial charge in [-0.2, -0.15) is 0 Å². The van der Waals surface area contributed by atoms with Gasteiger partial charge in [0.25, 0.3) is 0 Å². The Bertz CT molecular complexity index is 1230. The first-order chi connectivity index (χ1) is 17.7. The van der Waals surface area contributed by atoms with Gasteiger partial charge in [-0.1, -0.05) is 42.0 Å². The molecule has 2 saturated heterocycles. The van der Waals surface area contributed by atoms with Crippen LogP contribution in [-0.2, 0) is 38.5 Å². The second-order valence-electron chi connectivity index (χ2n) is 11.2. The average molecular weight is 549 g/mol. The fourth-order valence-electron chi connectivity index (χ4n) is 5.53. The van der Waals surface area contributed by atoms with E-state index >= 15 is 0 Å². The van der Waals surface area contributed by atoms with Gasteiger partial charge in [0.2, 0.25) is 10.0 Å². The van der Waals surface area contributed by atoms with Crippen molar-refractivity contribution < 1.29 is 36.9 Å². The molecule has 0 aromatic heterocycles. The summed E-state index contributed by atoms with van der Waals surface area (Å²) >= 11 is 0. The minimum atomic E-state index is -3.90. The van der Waals surface area contributed by atoms with Gasteiger partial charge in [-0.05, 0) is 46.8 Å². The summed E-state index contributed by atoms with van der Waals surface area (Å²) < 4.78 is 59.7. The zero-order chi connectivity index (χ0) is 27.5. The van der Waals surface area contributed by atoms with Crippen molar-refractivity contribution in [2.75, 3.05) is 0 Å². The number of nitrogens with one attached hydrogen (secondary N) is 2. The summed E-state index contributed by atoms with van der Waals surface area (Å²) in [6.07, 6.45) is 4.89. The lowest BCUT2D eigenvalue weighted by Crippen LogP contribution is -2.63. The molecule has 3 unspecified atom stereocenters. The van der Waals surface area contributed by atoms with Crippen molar-refractivity contribution >= 4 is 16.0 Å². The molecule has 0 spiro atoms. The first-order valence-corrected chi connectivity index (χ1v) is 14.3. The van der Waals surface area contributed by atoms with Crippen molar-refractivity contribution in [1.29, 1.82) is 0 Å². The van der Waals surface area contributed by atoms with Crippen LogP contribution in [0.5, 0.6) is 0 Å². The Labute approximate surface area is 223 Å². The fourth-order valence-corrected chi connectivity index (χ4v) is 6.80. The zero-order valence-corrected chi connectivity index (χ0v) is 23.2. The Morgan fingerprint density at radius 3 is 2.00 bits per heavy atom. The maximum absolute atomic E-state index is 13.5. The van der Waals surface area contributed by atoms with E-state index in [1.807, 2.05) is 45.1 Å². The molecule has 10 nitrogen and oxygen atoms in total. The van der Waals surface area contributed by atoms with Crippen molar-refractivity contribution in [3.05, 3.63) is 54.1 Å². The van der Waals surface area contributed by atoms with Gasteiger partial charge in [-0.15, -0.1) is 0 Å². The fraction of sp³-hybridized carbons (Fsp3) is 0.593. The van der Waals surface area contributed by atoms with Gasteiger partial charge in [0.1, 0.15) is 30.5 Å². The van der Waals surface area contributed by atoms with Crippen molar-refractivity contribution in [2.45, 2.75) is 107 Å². The molecule has 2 N–H and O–H groups in total. The lowest BCUT2D eigenvalue weighted by Gasteiger charge is -2.40. The second kappa shape index (κ2) is 9.81. The number of sulfonamides is 1. The van der Waals surface area contributed by atoms with Crippen LogP contribution in [-0.4, -0.2) is 74.6 Å². The molecule has 2 heterocycles. The van der Waals surface area contributed by atoms with Crippen LogP contribution in [0.3, 0.4) is 0 Å². The third-order valence-electron chi connectivity index (χ3n) is 7.07. The number of fused-ring (bicyclic) bond motifs is 2. The van der Waals surface area contributed by atoms with Crippen LogP contribution >= 0.6 is 0 Å².